The standard InChI is InChI=1S/C22H18N4O5/c27-21-17-3-1-2-16-19(24-10-12-31-13-11-24)9-8-18(20(16)17)22(28)25(21)23-14-4-6-15(7-5-14)26(29)30/h1-9,23H,10-13H2. The monoisotopic (exact) mass is 418 g/mol. The van der Waals surface area contributed by atoms with E-state index in [2.05, 4.69) is 10.3 Å². The van der Waals surface area contributed by atoms with E-state index in [0.717, 1.165) is 29.2 Å². The molecule has 0 radical (unpaired) electrons. The van der Waals surface area contributed by atoms with Gasteiger partial charge in [-0.1, -0.05) is 12.1 Å². The molecule has 0 unspecified atom stereocenters. The summed E-state index contributed by atoms with van der Waals surface area (Å²) in [5, 5.41) is 13.3. The maximum Gasteiger partial charge on any atom is 0.280 e. The summed E-state index contributed by atoms with van der Waals surface area (Å²) in [4.78, 5) is 38.9. The number of nitro benzene ring substituents is 1. The van der Waals surface area contributed by atoms with E-state index >= 15 is 0 Å². The molecule has 2 aliphatic heterocycles. The predicted molar refractivity (Wildman–Crippen MR) is 114 cm³/mol. The van der Waals surface area contributed by atoms with Gasteiger partial charge in [0.05, 0.1) is 35.0 Å². The molecule has 3 aromatic rings. The van der Waals surface area contributed by atoms with Crippen LogP contribution in [0.4, 0.5) is 17.1 Å². The number of imide groups is 1. The molecular weight excluding hydrogens is 400 g/mol. The van der Waals surface area contributed by atoms with Crippen LogP contribution in [0.3, 0.4) is 0 Å². The normalized spacial score (nSPS) is 16.0. The first kappa shape index (κ1) is 19.0. The van der Waals surface area contributed by atoms with Gasteiger partial charge in [-0.15, -0.1) is 0 Å². The molecule has 31 heavy (non-hydrogen) atoms. The van der Waals surface area contributed by atoms with Gasteiger partial charge >= 0.3 is 0 Å². The number of nitrogens with zero attached hydrogens (tertiary/aromatic N) is 3. The first-order chi connectivity index (χ1) is 15.0. The van der Waals surface area contributed by atoms with Crippen LogP contribution < -0.4 is 10.3 Å². The van der Waals surface area contributed by atoms with Crippen LogP contribution in [-0.4, -0.2) is 48.0 Å². The first-order valence-electron chi connectivity index (χ1n) is 9.83. The molecule has 0 atom stereocenters. The summed E-state index contributed by atoms with van der Waals surface area (Å²) in [6, 6.07) is 14.6. The van der Waals surface area contributed by atoms with Gasteiger partial charge in [-0.05, 0) is 30.3 Å². The molecule has 0 aliphatic carbocycles. The second kappa shape index (κ2) is 7.37. The lowest BCUT2D eigenvalue weighted by Crippen LogP contribution is -2.44. The van der Waals surface area contributed by atoms with Gasteiger partial charge in [0.1, 0.15) is 0 Å². The molecule has 2 heterocycles. The number of anilines is 2. The van der Waals surface area contributed by atoms with Crippen LogP contribution >= 0.6 is 0 Å². The Hall–Kier alpha value is -3.98. The molecule has 156 valence electrons. The van der Waals surface area contributed by atoms with Crippen molar-refractivity contribution < 1.29 is 19.2 Å². The van der Waals surface area contributed by atoms with Gasteiger partial charge in [0.2, 0.25) is 0 Å². The smallest absolute Gasteiger partial charge is 0.280 e. The summed E-state index contributed by atoms with van der Waals surface area (Å²) in [6.07, 6.45) is 0. The molecule has 9 heteroatoms. The van der Waals surface area contributed by atoms with Crippen LogP contribution in [0.1, 0.15) is 20.7 Å². The average molecular weight is 418 g/mol. The summed E-state index contributed by atoms with van der Waals surface area (Å²) in [5.74, 6) is -0.943. The van der Waals surface area contributed by atoms with E-state index in [1.807, 2.05) is 18.2 Å². The Balaban J connectivity index is 1.53. The number of rotatable bonds is 4. The summed E-state index contributed by atoms with van der Waals surface area (Å²) in [7, 11) is 0. The molecule has 3 aromatic carbocycles. The number of morpholine rings is 1. The summed E-state index contributed by atoms with van der Waals surface area (Å²) >= 11 is 0. The fraction of sp³-hybridized carbons (Fsp3) is 0.182. The molecule has 1 fully saturated rings. The van der Waals surface area contributed by atoms with Gasteiger partial charge in [-0.25, -0.2) is 0 Å². The van der Waals surface area contributed by atoms with Crippen molar-refractivity contribution in [2.75, 3.05) is 36.6 Å². The molecule has 5 rings (SSSR count). The average Bonchev–Trinajstić information content (AvgIpc) is 2.80. The fourth-order valence-corrected chi connectivity index (χ4v) is 4.05. The van der Waals surface area contributed by atoms with Crippen LogP contribution in [-0.2, 0) is 4.74 Å². The number of carbonyl (C=O) groups is 2. The highest BCUT2D eigenvalue weighted by Crippen LogP contribution is 2.36. The van der Waals surface area contributed by atoms with Crippen LogP contribution in [0.5, 0.6) is 0 Å². The van der Waals surface area contributed by atoms with Crippen molar-refractivity contribution >= 4 is 39.6 Å². The molecule has 9 nitrogen and oxygen atoms in total. The van der Waals surface area contributed by atoms with Gasteiger partial charge < -0.3 is 9.64 Å². The SMILES string of the molecule is O=C1c2cccc3c(N4CCOCC4)ccc(c23)C(=O)N1Nc1ccc([N+](=O)[O-])cc1. The summed E-state index contributed by atoms with van der Waals surface area (Å²) in [6.45, 7) is 2.75. The van der Waals surface area contributed by atoms with Crippen molar-refractivity contribution in [3.63, 3.8) is 0 Å². The van der Waals surface area contributed by atoms with Gasteiger partial charge in [0, 0.05) is 41.7 Å². The largest absolute Gasteiger partial charge is 0.378 e. The Morgan fingerprint density at radius 3 is 2.26 bits per heavy atom. The van der Waals surface area contributed by atoms with Crippen molar-refractivity contribution in [3.8, 4) is 0 Å². The molecule has 1 N–H and O–H groups in total. The Kier molecular flexibility index (Phi) is 4.52. The van der Waals surface area contributed by atoms with Gasteiger partial charge in [0.25, 0.3) is 17.5 Å². The molecule has 0 spiro atoms. The maximum absolute atomic E-state index is 13.2. The first-order valence-corrected chi connectivity index (χ1v) is 9.83. The lowest BCUT2D eigenvalue weighted by atomic mass is 9.93. The molecule has 0 aromatic heterocycles. The van der Waals surface area contributed by atoms with E-state index < -0.39 is 16.7 Å². The highest BCUT2D eigenvalue weighted by molar-refractivity contribution is 6.27. The number of nitrogens with one attached hydrogen (secondary N) is 1. The second-order valence-corrected chi connectivity index (χ2v) is 7.32. The number of ether oxygens (including phenoxy) is 1. The Morgan fingerprint density at radius 2 is 1.58 bits per heavy atom. The van der Waals surface area contributed by atoms with Crippen LogP contribution in [0.15, 0.2) is 54.6 Å². The van der Waals surface area contributed by atoms with Crippen LogP contribution in [0.2, 0.25) is 0 Å². The third-order valence-corrected chi connectivity index (χ3v) is 5.56. The molecule has 1 saturated heterocycles. The van der Waals surface area contributed by atoms with Crippen LogP contribution in [0, 0.1) is 10.1 Å². The van der Waals surface area contributed by atoms with Crippen molar-refractivity contribution in [2.24, 2.45) is 0 Å². The Labute approximate surface area is 176 Å². The second-order valence-electron chi connectivity index (χ2n) is 7.32. The molecule has 2 aliphatic rings. The topological polar surface area (TPSA) is 105 Å². The lowest BCUT2D eigenvalue weighted by molar-refractivity contribution is -0.384. The molecule has 0 saturated carbocycles. The minimum absolute atomic E-state index is 0.0763. The van der Waals surface area contributed by atoms with Crippen LogP contribution in [0.25, 0.3) is 10.8 Å². The number of carbonyl (C=O) groups excluding carboxylic acids is 2. The number of hydrogen-bond donors (Lipinski definition) is 1. The molecule has 0 bridgehead atoms. The number of amides is 2. The van der Waals surface area contributed by atoms with Gasteiger partial charge in [0.15, 0.2) is 0 Å². The zero-order valence-corrected chi connectivity index (χ0v) is 16.4. The minimum atomic E-state index is -0.510. The number of non-ortho nitro benzene ring substituents is 1. The summed E-state index contributed by atoms with van der Waals surface area (Å²) < 4.78 is 5.44. The van der Waals surface area contributed by atoms with Crippen molar-refractivity contribution in [3.05, 3.63) is 75.8 Å². The Bertz CT molecular complexity index is 1200. The molecular formula is C22H18N4O5. The zero-order valence-electron chi connectivity index (χ0n) is 16.4. The van der Waals surface area contributed by atoms with Gasteiger partial charge in [-0.3, -0.25) is 25.1 Å². The highest BCUT2D eigenvalue weighted by Gasteiger charge is 2.34. The van der Waals surface area contributed by atoms with E-state index in [9.17, 15) is 19.7 Å². The third-order valence-electron chi connectivity index (χ3n) is 5.56. The van der Waals surface area contributed by atoms with Crippen molar-refractivity contribution in [2.45, 2.75) is 0 Å². The van der Waals surface area contributed by atoms with Gasteiger partial charge in [-0.2, -0.15) is 5.01 Å². The van der Waals surface area contributed by atoms with Crippen molar-refractivity contribution in [1.29, 1.82) is 0 Å². The van der Waals surface area contributed by atoms with E-state index in [0.29, 0.717) is 35.4 Å². The molecule has 2 amide bonds. The van der Waals surface area contributed by atoms with E-state index in [-0.39, 0.29) is 5.69 Å². The number of nitro groups is 1. The summed E-state index contributed by atoms with van der Waals surface area (Å²) in [5.41, 5.74) is 4.94. The highest BCUT2D eigenvalue weighted by atomic mass is 16.6. The quantitative estimate of drug-likeness (QED) is 0.394. The lowest BCUT2D eigenvalue weighted by Gasteiger charge is -2.32. The van der Waals surface area contributed by atoms with E-state index in [1.165, 1.54) is 24.3 Å². The minimum Gasteiger partial charge on any atom is -0.378 e. The van der Waals surface area contributed by atoms with Crippen molar-refractivity contribution in [1.82, 2.24) is 5.01 Å². The van der Waals surface area contributed by atoms with E-state index in [4.69, 9.17) is 4.74 Å². The maximum atomic E-state index is 13.2. The number of hydrazine groups is 1. The third kappa shape index (κ3) is 3.15. The number of benzene rings is 3. The Morgan fingerprint density at radius 1 is 0.903 bits per heavy atom. The fourth-order valence-electron chi connectivity index (χ4n) is 4.05. The zero-order chi connectivity index (χ0) is 21.5. The van der Waals surface area contributed by atoms with E-state index in [1.54, 1.807) is 12.1 Å². The predicted octanol–water partition coefficient (Wildman–Crippen LogP) is 3.21. The number of hydrogen-bond acceptors (Lipinski definition) is 7.